The highest BCUT2D eigenvalue weighted by atomic mass is 19.2. The number of piperazine rings is 1. The molecule has 0 saturated carbocycles. The summed E-state index contributed by atoms with van der Waals surface area (Å²) in [7, 11) is 0. The molecule has 0 aliphatic carbocycles. The molecule has 2 N–H and O–H groups in total. The molecule has 7 rings (SSSR count). The SMILES string of the molecule is [2H]C([2H])([2H])N1CCC[C@H]1COc1nc2c(c(N3C[C@H]4CC[C@@H](C3)N4)n1)CCN(c1cc(O)cc3ccc(F)c(F)c13)C2. The van der Waals surface area contributed by atoms with Crippen molar-refractivity contribution in [2.24, 2.45) is 0 Å². The summed E-state index contributed by atoms with van der Waals surface area (Å²) in [6.07, 6.45) is 4.32. The molecular formula is C29H34F2N6O2. The van der Waals surface area contributed by atoms with Crippen LogP contribution in [0.25, 0.3) is 10.8 Å². The highest BCUT2D eigenvalue weighted by molar-refractivity contribution is 5.96. The van der Waals surface area contributed by atoms with E-state index in [1.54, 1.807) is 0 Å². The molecule has 5 heterocycles. The molecule has 4 aliphatic heterocycles. The Bertz CT molecular complexity index is 1510. The second-order valence-electron chi connectivity index (χ2n) is 11.2. The zero-order chi connectivity index (χ0) is 29.2. The van der Waals surface area contributed by atoms with Crippen LogP contribution >= 0.6 is 0 Å². The van der Waals surface area contributed by atoms with Crippen molar-refractivity contribution in [2.75, 3.05) is 49.6 Å². The molecule has 3 aromatic rings. The van der Waals surface area contributed by atoms with Gasteiger partial charge in [-0.2, -0.15) is 9.97 Å². The summed E-state index contributed by atoms with van der Waals surface area (Å²) in [4.78, 5) is 15.4. The van der Waals surface area contributed by atoms with Gasteiger partial charge in [0.25, 0.3) is 0 Å². The normalized spacial score (nSPS) is 26.4. The maximum atomic E-state index is 15.1. The van der Waals surface area contributed by atoms with Crippen LogP contribution in [0.5, 0.6) is 11.8 Å². The van der Waals surface area contributed by atoms with E-state index in [1.165, 1.54) is 23.1 Å². The second kappa shape index (κ2) is 9.75. The number of fused-ring (bicyclic) bond motifs is 4. The molecule has 1 aromatic heterocycles. The van der Waals surface area contributed by atoms with Crippen LogP contribution < -0.4 is 19.9 Å². The van der Waals surface area contributed by atoms with Crippen LogP contribution in [0.2, 0.25) is 0 Å². The van der Waals surface area contributed by atoms with Gasteiger partial charge in [0.05, 0.1) is 17.9 Å². The predicted octanol–water partition coefficient (Wildman–Crippen LogP) is 3.59. The Hall–Kier alpha value is -3.24. The molecule has 3 atom stereocenters. The van der Waals surface area contributed by atoms with E-state index < -0.39 is 18.6 Å². The first-order chi connectivity index (χ1) is 20.1. The molecule has 3 fully saturated rings. The molecule has 10 heteroatoms. The number of benzene rings is 2. The van der Waals surface area contributed by atoms with Crippen molar-refractivity contribution in [3.05, 3.63) is 47.2 Å². The molecule has 0 amide bonds. The average Bonchev–Trinajstić information content (AvgIpc) is 3.58. The second-order valence-corrected chi connectivity index (χ2v) is 11.2. The number of likely N-dealkylation sites (N-methyl/N-ethyl adjacent to an activating group) is 1. The van der Waals surface area contributed by atoms with E-state index >= 15 is 4.39 Å². The number of hydrogen-bond donors (Lipinski definition) is 2. The summed E-state index contributed by atoms with van der Waals surface area (Å²) in [5.74, 6) is -1.11. The summed E-state index contributed by atoms with van der Waals surface area (Å²) in [5, 5.41) is 14.6. The van der Waals surface area contributed by atoms with E-state index in [1.807, 2.05) is 4.90 Å². The number of phenolic OH excluding ortho intramolecular Hbond substituents is 1. The first-order valence-corrected chi connectivity index (χ1v) is 13.8. The zero-order valence-corrected chi connectivity index (χ0v) is 21.7. The third-order valence-corrected chi connectivity index (χ3v) is 8.63. The fraction of sp³-hybridized carbons (Fsp3) is 0.517. The highest BCUT2D eigenvalue weighted by Gasteiger charge is 2.36. The molecule has 39 heavy (non-hydrogen) atoms. The van der Waals surface area contributed by atoms with Gasteiger partial charge in [-0.25, -0.2) is 8.78 Å². The van der Waals surface area contributed by atoms with Gasteiger partial charge in [0, 0.05) is 58.9 Å². The van der Waals surface area contributed by atoms with E-state index in [-0.39, 0.29) is 29.8 Å². The number of halogens is 2. The molecule has 0 spiro atoms. The summed E-state index contributed by atoms with van der Waals surface area (Å²) in [5.41, 5.74) is 2.12. The number of nitrogens with zero attached hydrogens (tertiary/aromatic N) is 5. The Labute approximate surface area is 230 Å². The smallest absolute Gasteiger partial charge is 0.318 e. The summed E-state index contributed by atoms with van der Waals surface area (Å²) >= 11 is 0. The lowest BCUT2D eigenvalue weighted by molar-refractivity contribution is 0.187. The topological polar surface area (TPSA) is 77.0 Å². The fourth-order valence-electron chi connectivity index (χ4n) is 6.68. The fourth-order valence-corrected chi connectivity index (χ4v) is 6.68. The zero-order valence-electron chi connectivity index (χ0n) is 24.7. The standard InChI is InChI=1S/C29H34F2N6O2/c1-35-9-2-3-20(35)16-39-29-33-24-15-36(25-12-21(38)11-17-4-7-23(30)27(31)26(17)25)10-8-22(24)28(34-29)37-13-18-5-6-19(14-37)32-18/h4,7,11-12,18-20,32,38H,2-3,5-6,8-10,13-16H2,1H3/t18-,19+,20-/m0/s1/i1D3. The van der Waals surface area contributed by atoms with Gasteiger partial charge in [-0.1, -0.05) is 6.07 Å². The Morgan fingerprint density at radius 2 is 1.95 bits per heavy atom. The predicted molar refractivity (Wildman–Crippen MR) is 146 cm³/mol. The van der Waals surface area contributed by atoms with Gasteiger partial charge in [0.1, 0.15) is 18.2 Å². The van der Waals surface area contributed by atoms with Crippen molar-refractivity contribution < 1.29 is 22.7 Å². The monoisotopic (exact) mass is 539 g/mol. The van der Waals surface area contributed by atoms with Crippen molar-refractivity contribution in [3.8, 4) is 11.8 Å². The van der Waals surface area contributed by atoms with Gasteiger partial charge in [0.15, 0.2) is 11.6 Å². The maximum Gasteiger partial charge on any atom is 0.318 e. The molecule has 206 valence electrons. The summed E-state index contributed by atoms with van der Waals surface area (Å²) in [6.45, 7) is 0.904. The first kappa shape index (κ1) is 21.6. The minimum atomic E-state index is -2.19. The van der Waals surface area contributed by atoms with E-state index in [0.717, 1.165) is 61.9 Å². The third kappa shape index (κ3) is 4.53. The Kier molecular flexibility index (Phi) is 5.39. The largest absolute Gasteiger partial charge is 0.508 e. The Morgan fingerprint density at radius 1 is 1.10 bits per heavy atom. The van der Waals surface area contributed by atoms with Crippen LogP contribution in [0.3, 0.4) is 0 Å². The molecule has 2 bridgehead atoms. The van der Waals surface area contributed by atoms with Crippen LogP contribution in [0.1, 0.15) is 41.1 Å². The average molecular weight is 540 g/mol. The molecule has 3 saturated heterocycles. The van der Waals surface area contributed by atoms with Crippen LogP contribution in [0.15, 0.2) is 24.3 Å². The lowest BCUT2D eigenvalue weighted by Gasteiger charge is -2.37. The van der Waals surface area contributed by atoms with E-state index in [9.17, 15) is 9.50 Å². The number of rotatable bonds is 5. The van der Waals surface area contributed by atoms with Crippen molar-refractivity contribution in [1.29, 1.82) is 0 Å². The van der Waals surface area contributed by atoms with Gasteiger partial charge >= 0.3 is 6.01 Å². The van der Waals surface area contributed by atoms with E-state index in [4.69, 9.17) is 18.8 Å². The van der Waals surface area contributed by atoms with Crippen molar-refractivity contribution in [1.82, 2.24) is 20.2 Å². The molecule has 0 radical (unpaired) electrons. The number of aromatic nitrogens is 2. The lowest BCUT2D eigenvalue weighted by atomic mass is 10.0. The number of hydrogen-bond acceptors (Lipinski definition) is 8. The number of phenols is 1. The molecule has 4 aliphatic rings. The molecule has 2 aromatic carbocycles. The summed E-state index contributed by atoms with van der Waals surface area (Å²) < 4.78 is 59.1. The minimum Gasteiger partial charge on any atom is -0.508 e. The van der Waals surface area contributed by atoms with Crippen LogP contribution in [-0.4, -0.2) is 77.9 Å². The quantitative estimate of drug-likeness (QED) is 0.510. The van der Waals surface area contributed by atoms with Crippen LogP contribution in [0, 0.1) is 11.6 Å². The van der Waals surface area contributed by atoms with Gasteiger partial charge in [-0.3, -0.25) is 0 Å². The minimum absolute atomic E-state index is 0.0339. The Morgan fingerprint density at radius 3 is 2.77 bits per heavy atom. The maximum absolute atomic E-state index is 15.1. The number of ether oxygens (including phenoxy) is 1. The lowest BCUT2D eigenvalue weighted by Crippen LogP contribution is -2.52. The highest BCUT2D eigenvalue weighted by Crippen LogP contribution is 2.38. The third-order valence-electron chi connectivity index (χ3n) is 8.63. The molecule has 8 nitrogen and oxygen atoms in total. The number of anilines is 2. The van der Waals surface area contributed by atoms with Gasteiger partial charge in [0.2, 0.25) is 0 Å². The number of aromatic hydroxyl groups is 1. The summed E-state index contributed by atoms with van der Waals surface area (Å²) in [6, 6.07) is 6.13. The number of nitrogens with one attached hydrogen (secondary N) is 1. The van der Waals surface area contributed by atoms with Crippen molar-refractivity contribution >= 4 is 22.3 Å². The first-order valence-electron chi connectivity index (χ1n) is 15.3. The van der Waals surface area contributed by atoms with Gasteiger partial charge in [-0.15, -0.1) is 0 Å². The molecule has 0 unspecified atom stereocenters. The van der Waals surface area contributed by atoms with Gasteiger partial charge in [-0.05, 0) is 63.1 Å². The Balaban J connectivity index is 1.23. The van der Waals surface area contributed by atoms with Crippen molar-refractivity contribution in [2.45, 2.75) is 56.8 Å². The molecular weight excluding hydrogens is 502 g/mol. The van der Waals surface area contributed by atoms with Gasteiger partial charge < -0.3 is 29.9 Å². The number of likely N-dealkylation sites (tertiary alicyclic amines) is 1. The van der Waals surface area contributed by atoms with Crippen LogP contribution in [0.4, 0.5) is 20.3 Å². The van der Waals surface area contributed by atoms with E-state index in [0.29, 0.717) is 49.2 Å². The van der Waals surface area contributed by atoms with Crippen molar-refractivity contribution in [3.63, 3.8) is 0 Å². The van der Waals surface area contributed by atoms with E-state index in [2.05, 4.69) is 10.2 Å². The van der Waals surface area contributed by atoms with Crippen LogP contribution in [-0.2, 0) is 13.0 Å².